The van der Waals surface area contributed by atoms with E-state index < -0.39 is 11.2 Å². The number of ether oxygens (including phenoxy) is 2. The molecule has 2 rings (SSSR count). The normalized spacial score (nSPS) is 10.6. The van der Waals surface area contributed by atoms with Gasteiger partial charge in [-0.2, -0.15) is 0 Å². The highest BCUT2D eigenvalue weighted by Crippen LogP contribution is 2.15. The van der Waals surface area contributed by atoms with Gasteiger partial charge in [0.1, 0.15) is 12.4 Å². The Balaban J connectivity index is 1.69. The van der Waals surface area contributed by atoms with Crippen LogP contribution in [0.4, 0.5) is 0 Å². The number of nitrogens with one attached hydrogen (secondary N) is 1. The number of nitrogens with zero attached hydrogens (tertiary/aromatic N) is 1. The van der Waals surface area contributed by atoms with E-state index in [9.17, 15) is 9.59 Å². The zero-order valence-electron chi connectivity index (χ0n) is 12.8. The topological polar surface area (TPSA) is 73.3 Å². The molecule has 0 fully saturated rings. The second-order valence-corrected chi connectivity index (χ2v) is 5.09. The third-order valence-corrected chi connectivity index (χ3v) is 3.06. The number of hydrogen-bond acceptors (Lipinski definition) is 4. The average molecular weight is 304 g/mol. The highest BCUT2D eigenvalue weighted by Gasteiger charge is 1.98. The summed E-state index contributed by atoms with van der Waals surface area (Å²) in [5.74, 6) is 0.831. The molecule has 1 N–H and O–H groups in total. The Labute approximate surface area is 128 Å². The van der Waals surface area contributed by atoms with E-state index in [4.69, 9.17) is 9.47 Å². The zero-order chi connectivity index (χ0) is 15.9. The van der Waals surface area contributed by atoms with E-state index in [0.717, 1.165) is 16.9 Å². The second kappa shape index (κ2) is 7.61. The van der Waals surface area contributed by atoms with Crippen LogP contribution in [0.5, 0.6) is 5.75 Å². The van der Waals surface area contributed by atoms with E-state index in [1.54, 1.807) is 0 Å². The SMILES string of the molecule is Cc1cc(C)cc(OCCOCCn2ccc(=O)[nH]c2=O)c1. The maximum Gasteiger partial charge on any atom is 0.328 e. The largest absolute Gasteiger partial charge is 0.491 e. The second-order valence-electron chi connectivity index (χ2n) is 5.09. The van der Waals surface area contributed by atoms with E-state index in [2.05, 4.69) is 11.1 Å². The van der Waals surface area contributed by atoms with Gasteiger partial charge in [-0.1, -0.05) is 6.07 Å². The molecular formula is C16H20N2O4. The number of H-pyrrole nitrogens is 1. The van der Waals surface area contributed by atoms with Crippen molar-refractivity contribution >= 4 is 0 Å². The molecule has 2 aromatic rings. The number of benzene rings is 1. The van der Waals surface area contributed by atoms with Crippen LogP contribution in [0.1, 0.15) is 11.1 Å². The molecule has 0 saturated carbocycles. The van der Waals surface area contributed by atoms with E-state index in [-0.39, 0.29) is 0 Å². The Morgan fingerprint density at radius 3 is 2.45 bits per heavy atom. The lowest BCUT2D eigenvalue weighted by atomic mass is 10.1. The fraction of sp³-hybridized carbons (Fsp3) is 0.375. The van der Waals surface area contributed by atoms with Crippen LogP contribution < -0.4 is 16.0 Å². The van der Waals surface area contributed by atoms with Gasteiger partial charge in [-0.25, -0.2) is 4.79 Å². The fourth-order valence-electron chi connectivity index (χ4n) is 2.12. The summed E-state index contributed by atoms with van der Waals surface area (Å²) >= 11 is 0. The molecule has 0 spiro atoms. The molecule has 0 aliphatic rings. The molecule has 1 aromatic carbocycles. The molecule has 1 aromatic heterocycles. The number of aromatic amines is 1. The van der Waals surface area contributed by atoms with Crippen LogP contribution in [0.15, 0.2) is 40.1 Å². The standard InChI is InChI=1S/C16H20N2O4/c1-12-9-13(2)11-14(10-12)22-8-7-21-6-5-18-4-3-15(19)17-16(18)20/h3-4,9-11H,5-8H2,1-2H3,(H,17,19,20). The molecule has 118 valence electrons. The fourth-order valence-corrected chi connectivity index (χ4v) is 2.12. The molecule has 0 aliphatic carbocycles. The predicted molar refractivity (Wildman–Crippen MR) is 83.6 cm³/mol. The highest BCUT2D eigenvalue weighted by molar-refractivity contribution is 5.32. The van der Waals surface area contributed by atoms with Gasteiger partial charge in [0.05, 0.1) is 19.8 Å². The van der Waals surface area contributed by atoms with Gasteiger partial charge < -0.3 is 9.47 Å². The summed E-state index contributed by atoms with van der Waals surface area (Å²) in [6, 6.07) is 7.36. The van der Waals surface area contributed by atoms with Gasteiger partial charge >= 0.3 is 5.69 Å². The monoisotopic (exact) mass is 304 g/mol. The first kappa shape index (κ1) is 16.0. The Bertz CT molecular complexity index is 713. The van der Waals surface area contributed by atoms with Crippen molar-refractivity contribution in [2.45, 2.75) is 20.4 Å². The lowest BCUT2D eigenvalue weighted by Gasteiger charge is -2.09. The maximum atomic E-state index is 11.4. The molecule has 22 heavy (non-hydrogen) atoms. The Morgan fingerprint density at radius 2 is 1.77 bits per heavy atom. The van der Waals surface area contributed by atoms with Crippen molar-refractivity contribution in [1.82, 2.24) is 9.55 Å². The minimum atomic E-state index is -0.428. The molecular weight excluding hydrogens is 284 g/mol. The lowest BCUT2D eigenvalue weighted by molar-refractivity contribution is 0.0936. The van der Waals surface area contributed by atoms with E-state index in [1.807, 2.05) is 26.0 Å². The average Bonchev–Trinajstić information content (AvgIpc) is 2.43. The van der Waals surface area contributed by atoms with Gasteiger partial charge in [-0.05, 0) is 37.1 Å². The Hall–Kier alpha value is -2.34. The first-order valence-electron chi connectivity index (χ1n) is 7.13. The summed E-state index contributed by atoms with van der Waals surface area (Å²) < 4.78 is 12.4. The quantitative estimate of drug-likeness (QED) is 0.781. The van der Waals surface area contributed by atoms with Crippen LogP contribution in [0, 0.1) is 13.8 Å². The molecule has 6 nitrogen and oxygen atoms in total. The van der Waals surface area contributed by atoms with Crippen LogP contribution >= 0.6 is 0 Å². The van der Waals surface area contributed by atoms with Crippen molar-refractivity contribution in [1.29, 1.82) is 0 Å². The molecule has 1 heterocycles. The number of hydrogen-bond donors (Lipinski definition) is 1. The maximum absolute atomic E-state index is 11.4. The molecule has 0 unspecified atom stereocenters. The van der Waals surface area contributed by atoms with Crippen molar-refractivity contribution < 1.29 is 9.47 Å². The minimum absolute atomic E-state index is 0.377. The third kappa shape index (κ3) is 4.89. The van der Waals surface area contributed by atoms with E-state index in [0.29, 0.717) is 26.4 Å². The number of rotatable bonds is 7. The summed E-state index contributed by atoms with van der Waals surface area (Å²) in [5.41, 5.74) is 1.49. The van der Waals surface area contributed by atoms with Gasteiger partial charge in [0.25, 0.3) is 5.56 Å². The van der Waals surface area contributed by atoms with Crippen molar-refractivity contribution in [2.75, 3.05) is 19.8 Å². The first-order chi connectivity index (χ1) is 10.5. The van der Waals surface area contributed by atoms with Crippen LogP contribution in [0.25, 0.3) is 0 Å². The van der Waals surface area contributed by atoms with Crippen LogP contribution in [-0.2, 0) is 11.3 Å². The molecule has 0 bridgehead atoms. The molecule has 0 amide bonds. The molecule has 0 atom stereocenters. The summed E-state index contributed by atoms with van der Waals surface area (Å²) in [4.78, 5) is 24.6. The summed E-state index contributed by atoms with van der Waals surface area (Å²) in [7, 11) is 0. The highest BCUT2D eigenvalue weighted by atomic mass is 16.5. The first-order valence-corrected chi connectivity index (χ1v) is 7.13. The van der Waals surface area contributed by atoms with Crippen molar-refractivity contribution in [2.24, 2.45) is 0 Å². The molecule has 0 aliphatic heterocycles. The van der Waals surface area contributed by atoms with Gasteiger partial charge in [-0.15, -0.1) is 0 Å². The van der Waals surface area contributed by atoms with Crippen LogP contribution in [0.3, 0.4) is 0 Å². The van der Waals surface area contributed by atoms with E-state index in [1.165, 1.54) is 16.8 Å². The summed E-state index contributed by atoms with van der Waals surface area (Å²) in [6.07, 6.45) is 1.45. The minimum Gasteiger partial charge on any atom is -0.491 e. The van der Waals surface area contributed by atoms with Crippen molar-refractivity contribution in [3.8, 4) is 5.75 Å². The number of aromatic nitrogens is 2. The van der Waals surface area contributed by atoms with Crippen LogP contribution in [0.2, 0.25) is 0 Å². The van der Waals surface area contributed by atoms with Gasteiger partial charge in [0.2, 0.25) is 0 Å². The van der Waals surface area contributed by atoms with Crippen molar-refractivity contribution in [3.63, 3.8) is 0 Å². The Morgan fingerprint density at radius 1 is 1.05 bits per heavy atom. The van der Waals surface area contributed by atoms with Gasteiger partial charge in [-0.3, -0.25) is 14.3 Å². The zero-order valence-corrected chi connectivity index (χ0v) is 12.8. The number of aryl methyl sites for hydroxylation is 2. The predicted octanol–water partition coefficient (Wildman–Crippen LogP) is 1.25. The van der Waals surface area contributed by atoms with Gasteiger partial charge in [0, 0.05) is 12.3 Å². The molecule has 0 saturated heterocycles. The Kier molecular flexibility index (Phi) is 5.55. The smallest absolute Gasteiger partial charge is 0.328 e. The third-order valence-electron chi connectivity index (χ3n) is 3.06. The molecule has 0 radical (unpaired) electrons. The van der Waals surface area contributed by atoms with Gasteiger partial charge in [0.15, 0.2) is 0 Å². The van der Waals surface area contributed by atoms with Crippen molar-refractivity contribution in [3.05, 3.63) is 62.4 Å². The summed E-state index contributed by atoms with van der Waals surface area (Å²) in [6.45, 7) is 5.70. The lowest BCUT2D eigenvalue weighted by Crippen LogP contribution is -2.29. The van der Waals surface area contributed by atoms with E-state index >= 15 is 0 Å². The van der Waals surface area contributed by atoms with Crippen LogP contribution in [-0.4, -0.2) is 29.4 Å². The summed E-state index contributed by atoms with van der Waals surface area (Å²) in [5, 5.41) is 0. The molecule has 6 heteroatoms.